The molecule has 0 N–H and O–H groups in total. The monoisotopic (exact) mass is 902 g/mol. The average Bonchev–Trinajstić information content (AvgIpc) is 4.05. The lowest BCUT2D eigenvalue weighted by molar-refractivity contribution is 0.765. The van der Waals surface area contributed by atoms with Crippen LogP contribution in [0.4, 0.5) is 28.4 Å². The van der Waals surface area contributed by atoms with E-state index in [1.165, 1.54) is 0 Å². The second-order valence-corrected chi connectivity index (χ2v) is 16.9. The van der Waals surface area contributed by atoms with Gasteiger partial charge in [0.15, 0.2) is 0 Å². The van der Waals surface area contributed by atoms with E-state index in [1.807, 2.05) is 97.1 Å². The van der Waals surface area contributed by atoms with Crippen molar-refractivity contribution in [3.8, 4) is 11.4 Å². The van der Waals surface area contributed by atoms with Gasteiger partial charge in [-0.2, -0.15) is 9.59 Å². The highest BCUT2D eigenvalue weighted by Gasteiger charge is 2.19. The average molecular weight is 903 g/mol. The fourth-order valence-corrected chi connectivity index (χ4v) is 8.74. The molecule has 0 aliphatic rings. The Hall–Kier alpha value is -9.66. The van der Waals surface area contributed by atoms with Crippen LogP contribution >= 0.6 is 0 Å². The Morgan fingerprint density at radius 1 is 0.386 bits per heavy atom. The molecule has 0 aliphatic carbocycles. The molecule has 0 radical (unpaired) electrons. The number of aromatic nitrogens is 6. The first-order chi connectivity index (χ1) is 34.3. The van der Waals surface area contributed by atoms with E-state index >= 15 is 0 Å². The molecule has 11 rings (SSSR count). The number of anilines is 5. The van der Waals surface area contributed by atoms with Crippen LogP contribution in [0.5, 0.6) is 0 Å². The SMILES string of the molecule is C=C(/C=C\C(=C)c1ccc(N(c2ccc3nn(-c4ccccc4)nc3c2)c2cccc3ccccc23)cc1)C(=C)/C=C\C(=C)N(c1ccc2nn(-c3ccccc3)nc2c1)c1cccc2ccccc12. The van der Waals surface area contributed by atoms with Crippen molar-refractivity contribution in [1.29, 1.82) is 0 Å². The summed E-state index contributed by atoms with van der Waals surface area (Å²) in [4.78, 5) is 7.78. The zero-order valence-electron chi connectivity index (χ0n) is 38.3. The summed E-state index contributed by atoms with van der Waals surface area (Å²) in [6, 6.07) is 70.2. The lowest BCUT2D eigenvalue weighted by Gasteiger charge is -2.27. The Morgan fingerprint density at radius 2 is 0.843 bits per heavy atom. The van der Waals surface area contributed by atoms with E-state index in [1.54, 1.807) is 9.59 Å². The van der Waals surface area contributed by atoms with Crippen molar-refractivity contribution in [2.45, 2.75) is 0 Å². The van der Waals surface area contributed by atoms with Crippen molar-refractivity contribution in [1.82, 2.24) is 30.0 Å². The van der Waals surface area contributed by atoms with Gasteiger partial charge in [0, 0.05) is 33.5 Å². The molecule has 0 bridgehead atoms. The summed E-state index contributed by atoms with van der Waals surface area (Å²) in [7, 11) is 0. The van der Waals surface area contributed by atoms with Crippen LogP contribution in [0.15, 0.2) is 274 Å². The smallest absolute Gasteiger partial charge is 0.115 e. The maximum atomic E-state index is 4.87. The molecule has 334 valence electrons. The molecular weight excluding hydrogens is 857 g/mol. The summed E-state index contributed by atoms with van der Waals surface area (Å²) in [5.41, 5.74) is 13.9. The normalized spacial score (nSPS) is 11.5. The van der Waals surface area contributed by atoms with Gasteiger partial charge < -0.3 is 9.80 Å². The van der Waals surface area contributed by atoms with Gasteiger partial charge in [-0.25, -0.2) is 0 Å². The predicted octanol–water partition coefficient (Wildman–Crippen LogP) is 15.5. The van der Waals surface area contributed by atoms with Crippen molar-refractivity contribution in [3.05, 3.63) is 279 Å². The van der Waals surface area contributed by atoms with Gasteiger partial charge >= 0.3 is 0 Å². The quantitative estimate of drug-likeness (QED) is 0.101. The van der Waals surface area contributed by atoms with E-state index < -0.39 is 0 Å². The number of benzene rings is 9. The minimum atomic E-state index is 0.740. The fraction of sp³-hybridized carbons (Fsp3) is 0. The Kier molecular flexibility index (Phi) is 11.4. The molecule has 0 spiro atoms. The van der Waals surface area contributed by atoms with E-state index in [-0.39, 0.29) is 0 Å². The van der Waals surface area contributed by atoms with Gasteiger partial charge in [-0.1, -0.05) is 166 Å². The predicted molar refractivity (Wildman–Crippen MR) is 291 cm³/mol. The van der Waals surface area contributed by atoms with Crippen LogP contribution in [0, 0.1) is 0 Å². The van der Waals surface area contributed by atoms with Crippen molar-refractivity contribution >= 4 is 77.6 Å². The molecule has 0 fully saturated rings. The van der Waals surface area contributed by atoms with Crippen LogP contribution in [-0.2, 0) is 0 Å². The van der Waals surface area contributed by atoms with Gasteiger partial charge in [-0.3, -0.25) is 0 Å². The van der Waals surface area contributed by atoms with Crippen LogP contribution in [0.1, 0.15) is 5.56 Å². The molecule has 0 aliphatic heterocycles. The zero-order chi connectivity index (χ0) is 47.6. The van der Waals surface area contributed by atoms with Crippen LogP contribution in [0.3, 0.4) is 0 Å². The number of para-hydroxylation sites is 2. The lowest BCUT2D eigenvalue weighted by atomic mass is 10.0. The topological polar surface area (TPSA) is 67.9 Å². The van der Waals surface area contributed by atoms with E-state index in [0.717, 1.165) is 111 Å². The van der Waals surface area contributed by atoms with Crippen LogP contribution in [0.25, 0.3) is 60.6 Å². The Balaban J connectivity index is 0.838. The Labute approximate surface area is 406 Å². The third-order valence-corrected chi connectivity index (χ3v) is 12.4. The third kappa shape index (κ3) is 8.49. The minimum Gasteiger partial charge on any atom is -0.310 e. The Morgan fingerprint density at radius 3 is 1.44 bits per heavy atom. The van der Waals surface area contributed by atoms with Crippen molar-refractivity contribution < 1.29 is 0 Å². The molecule has 8 nitrogen and oxygen atoms in total. The molecule has 11 aromatic rings. The summed E-state index contributed by atoms with van der Waals surface area (Å²) in [6.07, 6.45) is 7.87. The van der Waals surface area contributed by atoms with Crippen LogP contribution in [0.2, 0.25) is 0 Å². The number of fused-ring (bicyclic) bond motifs is 4. The largest absolute Gasteiger partial charge is 0.310 e. The minimum absolute atomic E-state index is 0.740. The van der Waals surface area contributed by atoms with Crippen molar-refractivity contribution in [3.63, 3.8) is 0 Å². The zero-order valence-corrected chi connectivity index (χ0v) is 38.3. The number of nitrogens with zero attached hydrogens (tertiary/aromatic N) is 8. The van der Waals surface area contributed by atoms with Gasteiger partial charge in [0.05, 0.1) is 22.7 Å². The highest BCUT2D eigenvalue weighted by molar-refractivity contribution is 6.00. The van der Waals surface area contributed by atoms with E-state index in [9.17, 15) is 0 Å². The Bertz CT molecular complexity index is 3850. The molecule has 70 heavy (non-hydrogen) atoms. The summed E-state index contributed by atoms with van der Waals surface area (Å²) in [5, 5.41) is 23.7. The summed E-state index contributed by atoms with van der Waals surface area (Å²) in [6.45, 7) is 17.8. The third-order valence-electron chi connectivity index (χ3n) is 12.4. The van der Waals surface area contributed by atoms with Crippen molar-refractivity contribution in [2.75, 3.05) is 9.80 Å². The number of hydrogen-bond donors (Lipinski definition) is 0. The fourth-order valence-electron chi connectivity index (χ4n) is 8.74. The molecule has 0 atom stereocenters. The maximum absolute atomic E-state index is 4.87. The summed E-state index contributed by atoms with van der Waals surface area (Å²) < 4.78 is 0. The summed E-state index contributed by atoms with van der Waals surface area (Å²) >= 11 is 0. The number of allylic oxidation sites excluding steroid dienone is 7. The first-order valence-corrected chi connectivity index (χ1v) is 23.0. The first-order valence-electron chi connectivity index (χ1n) is 23.0. The van der Waals surface area contributed by atoms with Gasteiger partial charge in [0.2, 0.25) is 0 Å². The van der Waals surface area contributed by atoms with Crippen LogP contribution in [-0.4, -0.2) is 30.0 Å². The highest BCUT2D eigenvalue weighted by Crippen LogP contribution is 2.41. The van der Waals surface area contributed by atoms with E-state index in [2.05, 4.69) is 170 Å². The molecular formula is C62H46N8. The molecule has 2 aromatic heterocycles. The van der Waals surface area contributed by atoms with Crippen LogP contribution < -0.4 is 9.80 Å². The molecule has 8 heteroatoms. The van der Waals surface area contributed by atoms with Crippen molar-refractivity contribution in [2.24, 2.45) is 0 Å². The highest BCUT2D eigenvalue weighted by atomic mass is 15.5. The van der Waals surface area contributed by atoms with E-state index in [0.29, 0.717) is 0 Å². The molecule has 0 saturated heterocycles. The number of hydrogen-bond acceptors (Lipinski definition) is 6. The van der Waals surface area contributed by atoms with E-state index in [4.69, 9.17) is 20.4 Å². The standard InChI is InChI=1S/C62H46N8/c1-43(44(2)31-32-46(4)67(61-27-15-19-48-17-11-13-25-55(48)61)53-37-39-57-59(41-53)65-69(63-57)51-21-7-5-8-22-51)29-30-45(3)47-33-35-50(36-34-47)68(62-28-16-20-49-18-12-14-26-56(49)62)54-38-40-58-60(42-54)66-70(64-58)52-23-9-6-10-24-52/h5-42H,1-4H2/b30-29-,32-31-. The van der Waals surface area contributed by atoms with Gasteiger partial charge in [0.25, 0.3) is 0 Å². The summed E-state index contributed by atoms with van der Waals surface area (Å²) in [5.74, 6) is 0. The molecule has 0 saturated carbocycles. The molecule has 0 unspecified atom stereocenters. The molecule has 2 heterocycles. The van der Waals surface area contributed by atoms with Gasteiger partial charge in [-0.05, 0) is 124 Å². The van der Waals surface area contributed by atoms with Gasteiger partial charge in [0.1, 0.15) is 22.1 Å². The van der Waals surface area contributed by atoms with Gasteiger partial charge in [-0.15, -0.1) is 20.4 Å². The first kappa shape index (κ1) is 42.9. The molecule has 9 aromatic carbocycles. The number of rotatable bonds is 14. The second kappa shape index (κ2) is 18.6. The second-order valence-electron chi connectivity index (χ2n) is 16.9. The maximum Gasteiger partial charge on any atom is 0.115 e. The lowest BCUT2D eigenvalue weighted by Crippen LogP contribution is -2.14. The molecule has 0 amide bonds.